The molecule has 0 atom stereocenters. The number of ether oxygens (including phenoxy) is 1. The van der Waals surface area contributed by atoms with E-state index in [1.54, 1.807) is 24.3 Å². The molecule has 0 saturated carbocycles. The zero-order chi connectivity index (χ0) is 17.0. The van der Waals surface area contributed by atoms with Crippen LogP contribution < -0.4 is 16.0 Å². The molecule has 0 aliphatic rings. The predicted molar refractivity (Wildman–Crippen MR) is 82.8 cm³/mol. The average Bonchev–Trinajstić information content (AvgIpc) is 2.58. The Morgan fingerprint density at radius 1 is 1.22 bits per heavy atom. The molecule has 0 spiro atoms. The summed E-state index contributed by atoms with van der Waals surface area (Å²) in [5, 5.41) is 28.9. The Kier molecular flexibility index (Phi) is 4.65. The molecule has 7 heteroatoms. The minimum atomic E-state index is -0.680. The standard InChI is InChI=1S/C16H14N4O3/c1-23-11-4-2-10(3-5-11)14-12(8-18)15(21)20(7-6-17)16(22)13(14)9-19/h2-5,21H,6-7,17H2,1H3. The SMILES string of the molecule is COc1ccc(-c2c(C#N)c(O)n(CCN)c(=O)c2C#N)cc1. The highest BCUT2D eigenvalue weighted by atomic mass is 16.5. The van der Waals surface area contributed by atoms with Gasteiger partial charge in [-0.25, -0.2) is 0 Å². The van der Waals surface area contributed by atoms with Crippen molar-refractivity contribution in [2.75, 3.05) is 13.7 Å². The van der Waals surface area contributed by atoms with Crippen molar-refractivity contribution in [2.45, 2.75) is 6.54 Å². The molecule has 1 aromatic carbocycles. The van der Waals surface area contributed by atoms with Gasteiger partial charge in [0.25, 0.3) is 5.56 Å². The lowest BCUT2D eigenvalue weighted by Crippen LogP contribution is -2.27. The third-order valence-corrected chi connectivity index (χ3v) is 3.39. The number of hydrogen-bond donors (Lipinski definition) is 2. The van der Waals surface area contributed by atoms with Gasteiger partial charge in [-0.05, 0) is 17.7 Å². The third-order valence-electron chi connectivity index (χ3n) is 3.39. The third kappa shape index (κ3) is 2.73. The van der Waals surface area contributed by atoms with Gasteiger partial charge in [-0.3, -0.25) is 9.36 Å². The smallest absolute Gasteiger partial charge is 0.272 e. The summed E-state index contributed by atoms with van der Waals surface area (Å²) in [6.07, 6.45) is 0. The Morgan fingerprint density at radius 2 is 1.83 bits per heavy atom. The van der Waals surface area contributed by atoms with Crippen molar-refractivity contribution in [1.82, 2.24) is 4.57 Å². The Bertz CT molecular complexity index is 871. The minimum Gasteiger partial charge on any atom is -0.497 e. The number of nitriles is 2. The molecule has 0 bridgehead atoms. The number of pyridine rings is 1. The van der Waals surface area contributed by atoms with E-state index < -0.39 is 11.4 Å². The average molecular weight is 310 g/mol. The first-order valence-electron chi connectivity index (χ1n) is 6.73. The van der Waals surface area contributed by atoms with Crippen molar-refractivity contribution in [3.63, 3.8) is 0 Å². The van der Waals surface area contributed by atoms with Crippen molar-refractivity contribution in [3.8, 4) is 34.9 Å². The molecule has 0 unspecified atom stereocenters. The van der Waals surface area contributed by atoms with E-state index in [1.165, 1.54) is 7.11 Å². The summed E-state index contributed by atoms with van der Waals surface area (Å²) >= 11 is 0. The molecule has 2 aromatic rings. The lowest BCUT2D eigenvalue weighted by molar-refractivity contribution is 0.406. The molecule has 1 heterocycles. The van der Waals surface area contributed by atoms with Gasteiger partial charge >= 0.3 is 0 Å². The summed E-state index contributed by atoms with van der Waals surface area (Å²) in [5.41, 5.74) is 4.95. The monoisotopic (exact) mass is 310 g/mol. The van der Waals surface area contributed by atoms with E-state index in [-0.39, 0.29) is 29.8 Å². The molecule has 7 nitrogen and oxygen atoms in total. The largest absolute Gasteiger partial charge is 0.497 e. The van der Waals surface area contributed by atoms with Gasteiger partial charge in [-0.1, -0.05) is 12.1 Å². The highest BCUT2D eigenvalue weighted by Gasteiger charge is 2.22. The first-order valence-corrected chi connectivity index (χ1v) is 6.73. The number of nitrogens with zero attached hydrogens (tertiary/aromatic N) is 3. The zero-order valence-corrected chi connectivity index (χ0v) is 12.4. The van der Waals surface area contributed by atoms with Crippen LogP contribution in [-0.2, 0) is 6.54 Å². The molecule has 0 saturated heterocycles. The van der Waals surface area contributed by atoms with Crippen molar-refractivity contribution in [1.29, 1.82) is 10.5 Å². The van der Waals surface area contributed by atoms with Crippen LogP contribution in [0.2, 0.25) is 0 Å². The normalized spacial score (nSPS) is 9.91. The Labute approximate surface area is 132 Å². The summed E-state index contributed by atoms with van der Waals surface area (Å²) in [6, 6.07) is 10.2. The number of nitrogens with two attached hydrogens (primary N) is 1. The Morgan fingerprint density at radius 3 is 2.30 bits per heavy atom. The van der Waals surface area contributed by atoms with Crippen molar-refractivity contribution < 1.29 is 9.84 Å². The molecule has 0 fully saturated rings. The summed E-state index contributed by atoms with van der Waals surface area (Å²) < 4.78 is 5.99. The molecule has 2 rings (SSSR count). The fourth-order valence-corrected chi connectivity index (χ4v) is 2.30. The molecule has 0 aliphatic heterocycles. The van der Waals surface area contributed by atoms with E-state index in [2.05, 4.69) is 0 Å². The van der Waals surface area contributed by atoms with Crippen LogP contribution in [0.5, 0.6) is 11.6 Å². The number of benzene rings is 1. The topological polar surface area (TPSA) is 125 Å². The van der Waals surface area contributed by atoms with E-state index in [1.807, 2.05) is 12.1 Å². The van der Waals surface area contributed by atoms with E-state index in [4.69, 9.17) is 10.5 Å². The van der Waals surface area contributed by atoms with Gasteiger partial charge in [0, 0.05) is 18.7 Å². The van der Waals surface area contributed by atoms with Gasteiger partial charge in [0.15, 0.2) is 0 Å². The van der Waals surface area contributed by atoms with Crippen LogP contribution in [0, 0.1) is 22.7 Å². The molecule has 23 heavy (non-hydrogen) atoms. The molecular formula is C16H14N4O3. The maximum Gasteiger partial charge on any atom is 0.272 e. The highest BCUT2D eigenvalue weighted by molar-refractivity contribution is 5.78. The Hall–Kier alpha value is -3.29. The van der Waals surface area contributed by atoms with Crippen LogP contribution in [0.3, 0.4) is 0 Å². The second-order valence-electron chi connectivity index (χ2n) is 4.65. The number of rotatable bonds is 4. The van der Waals surface area contributed by atoms with E-state index in [0.29, 0.717) is 11.3 Å². The van der Waals surface area contributed by atoms with Crippen LogP contribution in [0.1, 0.15) is 11.1 Å². The minimum absolute atomic E-state index is 0.0108. The van der Waals surface area contributed by atoms with Gasteiger partial charge in [0.05, 0.1) is 7.11 Å². The second kappa shape index (κ2) is 6.65. The maximum absolute atomic E-state index is 12.4. The Balaban J connectivity index is 2.84. The molecule has 0 aliphatic carbocycles. The lowest BCUT2D eigenvalue weighted by Gasteiger charge is -2.14. The predicted octanol–water partition coefficient (Wildman–Crippen LogP) is 0.932. The van der Waals surface area contributed by atoms with Crippen LogP contribution in [0.25, 0.3) is 11.1 Å². The van der Waals surface area contributed by atoms with Gasteiger partial charge in [-0.2, -0.15) is 10.5 Å². The summed E-state index contributed by atoms with van der Waals surface area (Å²) in [7, 11) is 1.51. The highest BCUT2D eigenvalue weighted by Crippen LogP contribution is 2.31. The maximum atomic E-state index is 12.4. The van der Waals surface area contributed by atoms with Crippen molar-refractivity contribution in [2.24, 2.45) is 5.73 Å². The fraction of sp³-hybridized carbons (Fsp3) is 0.188. The molecule has 3 N–H and O–H groups in total. The summed E-state index contributed by atoms with van der Waals surface area (Å²) in [4.78, 5) is 12.4. The molecule has 0 amide bonds. The summed E-state index contributed by atoms with van der Waals surface area (Å²) in [6.45, 7) is 0.0992. The van der Waals surface area contributed by atoms with E-state index >= 15 is 0 Å². The van der Waals surface area contributed by atoms with Gasteiger partial charge < -0.3 is 15.6 Å². The fourth-order valence-electron chi connectivity index (χ4n) is 2.30. The first-order chi connectivity index (χ1) is 11.1. The lowest BCUT2D eigenvalue weighted by atomic mass is 9.96. The van der Waals surface area contributed by atoms with Gasteiger partial charge in [0.1, 0.15) is 29.0 Å². The van der Waals surface area contributed by atoms with E-state index in [9.17, 15) is 20.4 Å². The zero-order valence-electron chi connectivity index (χ0n) is 12.4. The van der Waals surface area contributed by atoms with Crippen molar-refractivity contribution >= 4 is 0 Å². The molecule has 116 valence electrons. The number of aromatic nitrogens is 1. The van der Waals surface area contributed by atoms with Crippen LogP contribution >= 0.6 is 0 Å². The molecular weight excluding hydrogens is 296 g/mol. The van der Waals surface area contributed by atoms with Gasteiger partial charge in [0.2, 0.25) is 5.88 Å². The van der Waals surface area contributed by atoms with Gasteiger partial charge in [-0.15, -0.1) is 0 Å². The first kappa shape index (κ1) is 16.1. The van der Waals surface area contributed by atoms with Crippen molar-refractivity contribution in [3.05, 3.63) is 45.7 Å². The quantitative estimate of drug-likeness (QED) is 0.865. The number of methoxy groups -OCH3 is 1. The van der Waals surface area contributed by atoms with E-state index in [0.717, 1.165) is 4.57 Å². The summed E-state index contributed by atoms with van der Waals surface area (Å²) in [5.74, 6) is 0.0965. The number of aromatic hydroxyl groups is 1. The molecule has 1 aromatic heterocycles. The second-order valence-corrected chi connectivity index (χ2v) is 4.65. The van der Waals surface area contributed by atoms with Crippen LogP contribution in [0.15, 0.2) is 29.1 Å². The number of hydrogen-bond acceptors (Lipinski definition) is 6. The van der Waals surface area contributed by atoms with Crippen LogP contribution in [0.4, 0.5) is 0 Å². The molecule has 0 radical (unpaired) electrons. The van der Waals surface area contributed by atoms with Crippen LogP contribution in [-0.4, -0.2) is 23.3 Å².